The summed E-state index contributed by atoms with van der Waals surface area (Å²) in [6.07, 6.45) is 1.64. The van der Waals surface area contributed by atoms with E-state index < -0.39 is 5.41 Å². The van der Waals surface area contributed by atoms with Crippen LogP contribution >= 0.6 is 0 Å². The van der Waals surface area contributed by atoms with Crippen LogP contribution in [0.3, 0.4) is 0 Å². The zero-order valence-electron chi connectivity index (χ0n) is 13.8. The van der Waals surface area contributed by atoms with E-state index >= 15 is 0 Å². The first-order valence-corrected chi connectivity index (χ1v) is 7.95. The number of carbonyl (C=O) groups is 1. The molecule has 0 atom stereocenters. The Morgan fingerprint density at radius 1 is 1.39 bits per heavy atom. The van der Waals surface area contributed by atoms with E-state index in [2.05, 4.69) is 24.3 Å². The summed E-state index contributed by atoms with van der Waals surface area (Å²) < 4.78 is 10.7. The number of hydrogen-bond donors (Lipinski definition) is 1. The summed E-state index contributed by atoms with van der Waals surface area (Å²) in [6.45, 7) is 4.84. The van der Waals surface area contributed by atoms with Gasteiger partial charge >= 0.3 is 0 Å². The van der Waals surface area contributed by atoms with Crippen LogP contribution in [0.15, 0.2) is 34.9 Å². The highest BCUT2D eigenvalue weighted by atomic mass is 16.5. The molecule has 0 spiro atoms. The molecule has 3 rings (SSSR count). The van der Waals surface area contributed by atoms with Gasteiger partial charge in [-0.15, -0.1) is 0 Å². The topological polar surface area (TPSA) is 64.4 Å². The highest BCUT2D eigenvalue weighted by molar-refractivity contribution is 5.91. The van der Waals surface area contributed by atoms with E-state index in [0.717, 1.165) is 29.8 Å². The molecule has 1 saturated carbocycles. The Bertz CT molecular complexity index is 702. The van der Waals surface area contributed by atoms with Gasteiger partial charge in [0.25, 0.3) is 0 Å². The van der Waals surface area contributed by atoms with E-state index in [4.69, 9.17) is 9.26 Å². The lowest BCUT2D eigenvalue weighted by Crippen LogP contribution is -2.36. The summed E-state index contributed by atoms with van der Waals surface area (Å²) in [5, 5.41) is 7.16. The third-order valence-corrected chi connectivity index (χ3v) is 4.21. The van der Waals surface area contributed by atoms with Gasteiger partial charge in [-0.05, 0) is 30.9 Å². The van der Waals surface area contributed by atoms with Crippen molar-refractivity contribution in [2.45, 2.75) is 32.1 Å². The molecular formula is C18H22N2O3. The number of ether oxygens (including phenoxy) is 1. The van der Waals surface area contributed by atoms with Crippen LogP contribution in [0.25, 0.3) is 11.3 Å². The summed E-state index contributed by atoms with van der Waals surface area (Å²) in [5.74, 6) is 1.90. The molecule has 1 fully saturated rings. The molecule has 23 heavy (non-hydrogen) atoms. The van der Waals surface area contributed by atoms with Gasteiger partial charge in [0.05, 0.1) is 18.2 Å². The minimum atomic E-state index is -0.504. The second-order valence-corrected chi connectivity index (χ2v) is 6.49. The van der Waals surface area contributed by atoms with Crippen molar-refractivity contribution in [3.8, 4) is 17.1 Å². The van der Waals surface area contributed by atoms with E-state index in [1.807, 2.05) is 30.3 Å². The van der Waals surface area contributed by atoms with Crippen LogP contribution in [-0.2, 0) is 10.2 Å². The largest absolute Gasteiger partial charge is 0.497 e. The van der Waals surface area contributed by atoms with E-state index in [0.29, 0.717) is 18.2 Å². The molecule has 0 bridgehead atoms. The van der Waals surface area contributed by atoms with Crippen molar-refractivity contribution < 1.29 is 14.1 Å². The SMILES string of the molecule is COc1cccc(-c2cc(C3(C(=O)NCC(C)C)CC3)no2)c1. The van der Waals surface area contributed by atoms with Crippen LogP contribution in [0.1, 0.15) is 32.4 Å². The van der Waals surface area contributed by atoms with Gasteiger partial charge < -0.3 is 14.6 Å². The van der Waals surface area contributed by atoms with Gasteiger partial charge in [0.15, 0.2) is 5.76 Å². The van der Waals surface area contributed by atoms with Gasteiger partial charge in [-0.2, -0.15) is 0 Å². The quantitative estimate of drug-likeness (QED) is 0.889. The van der Waals surface area contributed by atoms with Crippen molar-refractivity contribution in [1.29, 1.82) is 0 Å². The Kier molecular flexibility index (Phi) is 4.11. The minimum Gasteiger partial charge on any atom is -0.497 e. The van der Waals surface area contributed by atoms with Gasteiger partial charge in [-0.25, -0.2) is 0 Å². The number of rotatable bonds is 6. The second kappa shape index (κ2) is 6.07. The predicted octanol–water partition coefficient (Wildman–Crippen LogP) is 3.15. The number of hydrogen-bond acceptors (Lipinski definition) is 4. The fourth-order valence-electron chi connectivity index (χ4n) is 2.60. The van der Waals surface area contributed by atoms with Crippen molar-refractivity contribution in [2.24, 2.45) is 5.92 Å². The fourth-order valence-corrected chi connectivity index (χ4v) is 2.60. The summed E-state index contributed by atoms with van der Waals surface area (Å²) >= 11 is 0. The van der Waals surface area contributed by atoms with Gasteiger partial charge in [0, 0.05) is 18.2 Å². The molecule has 1 aliphatic rings. The Balaban J connectivity index is 1.80. The zero-order valence-corrected chi connectivity index (χ0v) is 13.8. The number of nitrogens with zero attached hydrogens (tertiary/aromatic N) is 1. The molecule has 0 saturated heterocycles. The van der Waals surface area contributed by atoms with Crippen molar-refractivity contribution in [1.82, 2.24) is 10.5 Å². The molecule has 0 aliphatic heterocycles. The van der Waals surface area contributed by atoms with Crippen LogP contribution in [-0.4, -0.2) is 24.7 Å². The number of nitrogens with one attached hydrogen (secondary N) is 1. The summed E-state index contributed by atoms with van der Waals surface area (Å²) in [5.41, 5.74) is 1.10. The number of aromatic nitrogens is 1. The lowest BCUT2D eigenvalue weighted by atomic mass is 10.00. The smallest absolute Gasteiger partial charge is 0.232 e. The van der Waals surface area contributed by atoms with Gasteiger partial charge in [-0.3, -0.25) is 4.79 Å². The first-order chi connectivity index (χ1) is 11.0. The molecule has 5 nitrogen and oxygen atoms in total. The molecule has 1 aromatic heterocycles. The summed E-state index contributed by atoms with van der Waals surface area (Å²) in [4.78, 5) is 12.5. The highest BCUT2D eigenvalue weighted by Crippen LogP contribution is 2.48. The monoisotopic (exact) mass is 314 g/mol. The van der Waals surface area contributed by atoms with Crippen molar-refractivity contribution >= 4 is 5.91 Å². The first-order valence-electron chi connectivity index (χ1n) is 7.95. The molecule has 1 aliphatic carbocycles. The van der Waals surface area contributed by atoms with Crippen LogP contribution in [0, 0.1) is 5.92 Å². The summed E-state index contributed by atoms with van der Waals surface area (Å²) in [6, 6.07) is 9.48. The predicted molar refractivity (Wildman–Crippen MR) is 87.3 cm³/mol. The van der Waals surface area contributed by atoms with E-state index in [-0.39, 0.29) is 5.91 Å². The molecule has 0 radical (unpaired) electrons. The molecule has 2 aromatic rings. The van der Waals surface area contributed by atoms with E-state index in [1.165, 1.54) is 0 Å². The molecule has 5 heteroatoms. The van der Waals surface area contributed by atoms with Crippen molar-refractivity contribution in [3.63, 3.8) is 0 Å². The maximum Gasteiger partial charge on any atom is 0.232 e. The number of methoxy groups -OCH3 is 1. The van der Waals surface area contributed by atoms with Gasteiger partial charge in [0.2, 0.25) is 5.91 Å². The number of benzene rings is 1. The molecule has 1 N–H and O–H groups in total. The minimum absolute atomic E-state index is 0.0525. The van der Waals surface area contributed by atoms with Crippen LogP contribution in [0.4, 0.5) is 0 Å². The first kappa shape index (κ1) is 15.6. The molecule has 1 aromatic carbocycles. The average molecular weight is 314 g/mol. The lowest BCUT2D eigenvalue weighted by Gasteiger charge is -2.13. The third kappa shape index (κ3) is 3.09. The van der Waals surface area contributed by atoms with Crippen molar-refractivity contribution in [2.75, 3.05) is 13.7 Å². The van der Waals surface area contributed by atoms with Gasteiger partial charge in [0.1, 0.15) is 5.75 Å². The Hall–Kier alpha value is -2.30. The molecular weight excluding hydrogens is 292 g/mol. The zero-order chi connectivity index (χ0) is 16.4. The van der Waals surface area contributed by atoms with Crippen LogP contribution in [0.5, 0.6) is 5.75 Å². The maximum atomic E-state index is 12.5. The standard InChI is InChI=1S/C18H22N2O3/c1-12(2)11-19-17(21)18(7-8-18)16-10-15(23-20-16)13-5-4-6-14(9-13)22-3/h4-6,9-10,12H,7-8,11H2,1-3H3,(H,19,21). The maximum absolute atomic E-state index is 12.5. The molecule has 0 unspecified atom stereocenters. The number of amides is 1. The number of carbonyl (C=O) groups excluding carboxylic acids is 1. The average Bonchev–Trinajstić information content (AvgIpc) is 3.22. The van der Waals surface area contributed by atoms with Crippen LogP contribution < -0.4 is 10.1 Å². The third-order valence-electron chi connectivity index (χ3n) is 4.21. The Morgan fingerprint density at radius 3 is 2.83 bits per heavy atom. The lowest BCUT2D eigenvalue weighted by molar-refractivity contribution is -0.123. The Labute approximate surface area is 136 Å². The Morgan fingerprint density at radius 2 is 2.17 bits per heavy atom. The van der Waals surface area contributed by atoms with E-state index in [9.17, 15) is 4.79 Å². The van der Waals surface area contributed by atoms with E-state index in [1.54, 1.807) is 7.11 Å². The molecule has 1 heterocycles. The molecule has 1 amide bonds. The second-order valence-electron chi connectivity index (χ2n) is 6.49. The van der Waals surface area contributed by atoms with Crippen LogP contribution in [0.2, 0.25) is 0 Å². The normalized spacial score (nSPS) is 15.5. The molecule has 122 valence electrons. The highest BCUT2D eigenvalue weighted by Gasteiger charge is 2.53. The van der Waals surface area contributed by atoms with Crippen molar-refractivity contribution in [3.05, 3.63) is 36.0 Å². The fraction of sp³-hybridized carbons (Fsp3) is 0.444. The summed E-state index contributed by atoms with van der Waals surface area (Å²) in [7, 11) is 1.63. The van der Waals surface area contributed by atoms with Gasteiger partial charge in [-0.1, -0.05) is 31.1 Å².